The molecule has 1 aliphatic heterocycles. The fraction of sp³-hybridized carbons (Fsp3) is 0.200. The Bertz CT molecular complexity index is 643. The molecule has 0 bridgehead atoms. The van der Waals surface area contributed by atoms with Gasteiger partial charge < -0.3 is 5.32 Å². The van der Waals surface area contributed by atoms with E-state index in [2.05, 4.69) is 47.9 Å². The summed E-state index contributed by atoms with van der Waals surface area (Å²) in [5, 5.41) is 5.96. The van der Waals surface area contributed by atoms with Crippen molar-refractivity contribution in [1.82, 2.24) is 5.32 Å². The third kappa shape index (κ3) is 0.955. The first-order valence-corrected chi connectivity index (χ1v) is 5.85. The first-order chi connectivity index (χ1) is 7.89. The van der Waals surface area contributed by atoms with E-state index >= 15 is 0 Å². The highest BCUT2D eigenvalue weighted by molar-refractivity contribution is 5.72. The standard InChI is InChI=1S/C15H13N/c1-2-12-10-16-9-5-11-4-6-15(7-8-15)13(3-1)14(11)12/h1-6,9-10,16H,7-8H2. The molecule has 1 heterocycles. The Morgan fingerprint density at radius 3 is 2.94 bits per heavy atom. The maximum atomic E-state index is 3.21. The van der Waals surface area contributed by atoms with Crippen molar-refractivity contribution >= 4 is 11.8 Å². The Labute approximate surface area is 94.5 Å². The van der Waals surface area contributed by atoms with Gasteiger partial charge in [0, 0.05) is 17.8 Å². The van der Waals surface area contributed by atoms with E-state index in [-0.39, 0.29) is 0 Å². The fourth-order valence-electron chi connectivity index (χ4n) is 2.84. The van der Waals surface area contributed by atoms with Gasteiger partial charge in [0.2, 0.25) is 0 Å². The van der Waals surface area contributed by atoms with E-state index in [1.165, 1.54) is 34.4 Å². The van der Waals surface area contributed by atoms with Gasteiger partial charge in [-0.2, -0.15) is 0 Å². The molecule has 0 atom stereocenters. The smallest absolute Gasteiger partial charge is 0.0142 e. The lowest BCUT2D eigenvalue weighted by molar-refractivity contribution is 0.871. The van der Waals surface area contributed by atoms with Crippen LogP contribution >= 0.6 is 0 Å². The maximum Gasteiger partial charge on any atom is 0.0142 e. The normalized spacial score (nSPS) is 22.1. The van der Waals surface area contributed by atoms with Gasteiger partial charge in [-0.25, -0.2) is 0 Å². The molecule has 78 valence electrons. The molecule has 0 aromatic heterocycles. The molecule has 3 aliphatic rings. The number of hydrogen-bond donors (Lipinski definition) is 1. The third-order valence-corrected chi connectivity index (χ3v) is 3.89. The van der Waals surface area contributed by atoms with Crippen molar-refractivity contribution in [3.63, 3.8) is 0 Å². The zero-order valence-electron chi connectivity index (χ0n) is 9.03. The van der Waals surface area contributed by atoms with Crippen LogP contribution in [0.3, 0.4) is 0 Å². The SMILES string of the molecule is C1=CC2=c3c(cccc3=CN1)C1(C=C2)CC1. The van der Waals surface area contributed by atoms with E-state index in [4.69, 9.17) is 0 Å². The minimum atomic E-state index is 0.376. The van der Waals surface area contributed by atoms with Gasteiger partial charge in [-0.3, -0.25) is 0 Å². The largest absolute Gasteiger partial charge is 0.367 e. The van der Waals surface area contributed by atoms with Crippen LogP contribution in [0.4, 0.5) is 0 Å². The van der Waals surface area contributed by atoms with Crippen molar-refractivity contribution in [2.75, 3.05) is 0 Å². The first-order valence-electron chi connectivity index (χ1n) is 5.85. The van der Waals surface area contributed by atoms with Crippen LogP contribution in [-0.4, -0.2) is 0 Å². The maximum absolute atomic E-state index is 3.21. The molecule has 0 unspecified atom stereocenters. The summed E-state index contributed by atoms with van der Waals surface area (Å²) in [6.07, 6.45) is 13.6. The van der Waals surface area contributed by atoms with Crippen LogP contribution in [0.1, 0.15) is 18.4 Å². The van der Waals surface area contributed by atoms with Crippen molar-refractivity contribution in [1.29, 1.82) is 0 Å². The highest BCUT2D eigenvalue weighted by Gasteiger charge is 2.43. The molecule has 1 aromatic rings. The van der Waals surface area contributed by atoms with Gasteiger partial charge in [0.25, 0.3) is 0 Å². The van der Waals surface area contributed by atoms with E-state index in [0.717, 1.165) is 0 Å². The van der Waals surface area contributed by atoms with Crippen LogP contribution in [0, 0.1) is 0 Å². The predicted molar refractivity (Wildman–Crippen MR) is 65.9 cm³/mol. The number of benzene rings is 1. The number of allylic oxidation sites excluding steroid dienone is 3. The minimum Gasteiger partial charge on any atom is -0.367 e. The topological polar surface area (TPSA) is 12.0 Å². The van der Waals surface area contributed by atoms with Gasteiger partial charge in [-0.1, -0.05) is 30.4 Å². The molecule has 1 saturated carbocycles. The minimum absolute atomic E-state index is 0.376. The fourth-order valence-corrected chi connectivity index (χ4v) is 2.84. The molecule has 1 N–H and O–H groups in total. The summed E-state index contributed by atoms with van der Waals surface area (Å²) in [5.74, 6) is 0. The molecule has 4 rings (SSSR count). The lowest BCUT2D eigenvalue weighted by atomic mass is 9.86. The Balaban J connectivity index is 2.23. The monoisotopic (exact) mass is 207 g/mol. The predicted octanol–water partition coefficient (Wildman–Crippen LogP) is 1.29. The van der Waals surface area contributed by atoms with Crippen molar-refractivity contribution in [3.8, 4) is 0 Å². The van der Waals surface area contributed by atoms with Crippen LogP contribution in [0.2, 0.25) is 0 Å². The molecule has 0 amide bonds. The Morgan fingerprint density at radius 2 is 2.06 bits per heavy atom. The lowest BCUT2D eigenvalue weighted by Gasteiger charge is -2.17. The first kappa shape index (κ1) is 8.40. The number of fused-ring (bicyclic) bond motifs is 1. The van der Waals surface area contributed by atoms with E-state index in [1.807, 2.05) is 6.20 Å². The van der Waals surface area contributed by atoms with E-state index in [9.17, 15) is 0 Å². The summed E-state index contributed by atoms with van der Waals surface area (Å²) in [5.41, 5.74) is 3.23. The van der Waals surface area contributed by atoms with Crippen LogP contribution in [-0.2, 0) is 5.41 Å². The van der Waals surface area contributed by atoms with Gasteiger partial charge in [-0.05, 0) is 40.5 Å². The highest BCUT2D eigenvalue weighted by Crippen LogP contribution is 2.49. The highest BCUT2D eigenvalue weighted by atomic mass is 14.8. The molecule has 1 nitrogen and oxygen atoms in total. The summed E-state index contributed by atoms with van der Waals surface area (Å²) in [7, 11) is 0. The van der Waals surface area contributed by atoms with Crippen molar-refractivity contribution in [2.45, 2.75) is 18.3 Å². The summed E-state index contributed by atoms with van der Waals surface area (Å²) in [4.78, 5) is 0. The zero-order valence-corrected chi connectivity index (χ0v) is 9.03. The van der Waals surface area contributed by atoms with Gasteiger partial charge in [-0.15, -0.1) is 0 Å². The molecule has 0 saturated heterocycles. The summed E-state index contributed by atoms with van der Waals surface area (Å²) in [6, 6.07) is 6.66. The van der Waals surface area contributed by atoms with Gasteiger partial charge in [0.05, 0.1) is 0 Å². The van der Waals surface area contributed by atoms with E-state index in [1.54, 1.807) is 0 Å². The van der Waals surface area contributed by atoms with E-state index in [0.29, 0.717) is 5.41 Å². The second-order valence-electron chi connectivity index (χ2n) is 4.86. The summed E-state index contributed by atoms with van der Waals surface area (Å²) in [6.45, 7) is 0. The van der Waals surface area contributed by atoms with Gasteiger partial charge in [0.1, 0.15) is 0 Å². The van der Waals surface area contributed by atoms with Gasteiger partial charge >= 0.3 is 0 Å². The average Bonchev–Trinajstić information content (AvgIpc) is 3.09. The van der Waals surface area contributed by atoms with Crippen molar-refractivity contribution in [2.24, 2.45) is 0 Å². The Kier molecular flexibility index (Phi) is 1.40. The quantitative estimate of drug-likeness (QED) is 0.676. The van der Waals surface area contributed by atoms with Gasteiger partial charge in [0.15, 0.2) is 0 Å². The van der Waals surface area contributed by atoms with E-state index < -0.39 is 0 Å². The van der Waals surface area contributed by atoms with Crippen molar-refractivity contribution < 1.29 is 0 Å². The molecule has 0 radical (unpaired) electrons. The Morgan fingerprint density at radius 1 is 1.12 bits per heavy atom. The lowest BCUT2D eigenvalue weighted by Crippen LogP contribution is -2.35. The van der Waals surface area contributed by atoms with Crippen LogP contribution < -0.4 is 15.8 Å². The Hall–Kier alpha value is -1.76. The molecular weight excluding hydrogens is 194 g/mol. The summed E-state index contributed by atoms with van der Waals surface area (Å²) < 4.78 is 0. The van der Waals surface area contributed by atoms with Crippen LogP contribution in [0.15, 0.2) is 42.6 Å². The second kappa shape index (κ2) is 2.67. The molecule has 1 aromatic carbocycles. The number of rotatable bonds is 0. The third-order valence-electron chi connectivity index (χ3n) is 3.89. The number of nitrogens with one attached hydrogen (secondary N) is 1. The molecular formula is C15H13N. The number of hydrogen-bond acceptors (Lipinski definition) is 1. The molecule has 1 fully saturated rings. The van der Waals surface area contributed by atoms with Crippen molar-refractivity contribution in [3.05, 3.63) is 58.6 Å². The zero-order chi connectivity index (χ0) is 10.6. The average molecular weight is 207 g/mol. The van der Waals surface area contributed by atoms with Crippen LogP contribution in [0.25, 0.3) is 11.8 Å². The molecule has 1 spiro atoms. The molecule has 1 heteroatoms. The molecule has 2 aliphatic carbocycles. The van der Waals surface area contributed by atoms with Crippen LogP contribution in [0.5, 0.6) is 0 Å². The molecule has 16 heavy (non-hydrogen) atoms. The second-order valence-corrected chi connectivity index (χ2v) is 4.86. The summed E-state index contributed by atoms with van der Waals surface area (Å²) >= 11 is 0.